The van der Waals surface area contributed by atoms with Crippen LogP contribution in [0, 0.1) is 11.7 Å². The number of benzene rings is 2. The lowest BCUT2D eigenvalue weighted by molar-refractivity contribution is -0.145. The highest BCUT2D eigenvalue weighted by molar-refractivity contribution is 5.83. The minimum atomic E-state index is -0.822. The first-order valence-electron chi connectivity index (χ1n) is 15.0. The minimum Gasteiger partial charge on any atom is -0.436 e. The van der Waals surface area contributed by atoms with Crippen molar-refractivity contribution in [1.29, 1.82) is 0 Å². The van der Waals surface area contributed by atoms with Crippen LogP contribution >= 0.6 is 0 Å². The number of carbonyl (C=O) groups is 2. The third-order valence-electron chi connectivity index (χ3n) is 8.35. The zero-order valence-electron chi connectivity index (χ0n) is 23.8. The largest absolute Gasteiger partial charge is 0.436 e. The number of fused-ring (bicyclic) bond motifs is 1. The van der Waals surface area contributed by atoms with Gasteiger partial charge in [0.2, 0.25) is 0 Å². The molecule has 2 atom stereocenters. The molecule has 3 aliphatic rings. The van der Waals surface area contributed by atoms with Crippen LogP contribution in [0.4, 0.5) is 14.9 Å². The van der Waals surface area contributed by atoms with Crippen molar-refractivity contribution < 1.29 is 28.2 Å². The summed E-state index contributed by atoms with van der Waals surface area (Å²) in [6.07, 6.45) is 5.49. The van der Waals surface area contributed by atoms with Gasteiger partial charge in [0.15, 0.2) is 6.10 Å². The number of halogens is 1. The Hall–Kier alpha value is -3.17. The summed E-state index contributed by atoms with van der Waals surface area (Å²) in [7, 11) is 0. The molecule has 1 N–H and O–H groups in total. The molecule has 2 heterocycles. The van der Waals surface area contributed by atoms with Crippen LogP contribution in [0.25, 0.3) is 0 Å². The molecule has 9 heteroatoms. The van der Waals surface area contributed by atoms with E-state index in [1.54, 1.807) is 17.0 Å². The number of rotatable bonds is 11. The monoisotopic (exact) mass is 567 g/mol. The Morgan fingerprint density at radius 1 is 1.02 bits per heavy atom. The van der Waals surface area contributed by atoms with Crippen LogP contribution in [0.3, 0.4) is 0 Å². The summed E-state index contributed by atoms with van der Waals surface area (Å²) in [6, 6.07) is 14.3. The molecule has 1 saturated carbocycles. The molecule has 2 aliphatic heterocycles. The van der Waals surface area contributed by atoms with E-state index in [1.165, 1.54) is 12.5 Å². The fraction of sp³-hybridized carbons (Fsp3) is 0.562. The number of nitrogens with zero attached hydrogens (tertiary/aromatic N) is 2. The number of nitrogens with one attached hydrogen (secondary N) is 1. The van der Waals surface area contributed by atoms with E-state index in [4.69, 9.17) is 14.2 Å². The van der Waals surface area contributed by atoms with Crippen molar-refractivity contribution >= 4 is 17.7 Å². The van der Waals surface area contributed by atoms with E-state index in [0.29, 0.717) is 51.8 Å². The number of carbonyl (C=O) groups excluding carboxylic acids is 2. The molecule has 8 nitrogen and oxygen atoms in total. The van der Waals surface area contributed by atoms with Gasteiger partial charge in [0.05, 0.1) is 32.5 Å². The van der Waals surface area contributed by atoms with E-state index in [0.717, 1.165) is 55.5 Å². The summed E-state index contributed by atoms with van der Waals surface area (Å²) in [6.45, 7) is 3.90. The Kier molecular flexibility index (Phi) is 10.5. The molecule has 222 valence electrons. The molecule has 0 bridgehead atoms. The van der Waals surface area contributed by atoms with Crippen LogP contribution in [0.15, 0.2) is 48.5 Å². The van der Waals surface area contributed by atoms with Gasteiger partial charge in [0.1, 0.15) is 5.82 Å². The molecule has 2 fully saturated rings. The van der Waals surface area contributed by atoms with Gasteiger partial charge in [-0.2, -0.15) is 0 Å². The SMILES string of the molecule is O=C(N[C@@H](COCc1ccccc1)CN1CCc2cc(F)ccc21)OC(CC1CCCCC1)C(=O)N1CCOCC1. The summed E-state index contributed by atoms with van der Waals surface area (Å²) in [5, 5.41) is 3.00. The van der Waals surface area contributed by atoms with E-state index in [1.807, 2.05) is 30.3 Å². The highest BCUT2D eigenvalue weighted by atomic mass is 19.1. The number of hydrogen-bond acceptors (Lipinski definition) is 6. The van der Waals surface area contributed by atoms with Crippen molar-refractivity contribution in [2.45, 2.75) is 63.7 Å². The molecular formula is C32H42FN3O5. The number of anilines is 1. The van der Waals surface area contributed by atoms with Gasteiger partial charge in [-0.3, -0.25) is 4.79 Å². The van der Waals surface area contributed by atoms with Gasteiger partial charge in [-0.05, 0) is 48.1 Å². The maximum atomic E-state index is 13.8. The van der Waals surface area contributed by atoms with Gasteiger partial charge < -0.3 is 29.3 Å². The smallest absolute Gasteiger partial charge is 0.408 e. The molecule has 5 rings (SSSR count). The third kappa shape index (κ3) is 8.42. The average Bonchev–Trinajstić information content (AvgIpc) is 3.39. The van der Waals surface area contributed by atoms with Crippen LogP contribution < -0.4 is 10.2 Å². The van der Waals surface area contributed by atoms with Gasteiger partial charge in [-0.1, -0.05) is 62.4 Å². The van der Waals surface area contributed by atoms with Crippen molar-refractivity contribution in [3.8, 4) is 0 Å². The second-order valence-electron chi connectivity index (χ2n) is 11.4. The summed E-state index contributed by atoms with van der Waals surface area (Å²) in [5.74, 6) is -0.0107. The van der Waals surface area contributed by atoms with Crippen LogP contribution in [0.1, 0.15) is 49.7 Å². The Morgan fingerprint density at radius 3 is 2.59 bits per heavy atom. The lowest BCUT2D eigenvalue weighted by Crippen LogP contribution is -2.50. The minimum absolute atomic E-state index is 0.138. The first-order valence-corrected chi connectivity index (χ1v) is 15.0. The van der Waals surface area contributed by atoms with Crippen molar-refractivity contribution in [2.24, 2.45) is 5.92 Å². The van der Waals surface area contributed by atoms with Crippen molar-refractivity contribution in [2.75, 3.05) is 50.9 Å². The van der Waals surface area contributed by atoms with Crippen LogP contribution in [-0.2, 0) is 32.0 Å². The highest BCUT2D eigenvalue weighted by Gasteiger charge is 2.33. The van der Waals surface area contributed by atoms with Crippen molar-refractivity contribution in [1.82, 2.24) is 10.2 Å². The van der Waals surface area contributed by atoms with Crippen LogP contribution in [0.5, 0.6) is 0 Å². The second kappa shape index (κ2) is 14.6. The molecule has 1 aliphatic carbocycles. The normalized spacial score (nSPS) is 19.0. The molecule has 0 radical (unpaired) electrons. The first kappa shape index (κ1) is 29.3. The van der Waals surface area contributed by atoms with Gasteiger partial charge in [-0.15, -0.1) is 0 Å². The van der Waals surface area contributed by atoms with Gasteiger partial charge in [0.25, 0.3) is 5.91 Å². The van der Waals surface area contributed by atoms with Crippen molar-refractivity contribution in [3.05, 3.63) is 65.5 Å². The van der Waals surface area contributed by atoms with Crippen LogP contribution in [0.2, 0.25) is 0 Å². The molecule has 41 heavy (non-hydrogen) atoms. The van der Waals surface area contributed by atoms with E-state index in [2.05, 4.69) is 10.2 Å². The maximum absolute atomic E-state index is 13.8. The third-order valence-corrected chi connectivity index (χ3v) is 8.35. The summed E-state index contributed by atoms with van der Waals surface area (Å²) >= 11 is 0. The maximum Gasteiger partial charge on any atom is 0.408 e. The molecule has 2 amide bonds. The van der Waals surface area contributed by atoms with Crippen molar-refractivity contribution in [3.63, 3.8) is 0 Å². The lowest BCUT2D eigenvalue weighted by atomic mass is 9.85. The van der Waals surface area contributed by atoms with Gasteiger partial charge in [-0.25, -0.2) is 9.18 Å². The first-order chi connectivity index (χ1) is 20.0. The summed E-state index contributed by atoms with van der Waals surface area (Å²) < 4.78 is 31.1. The molecule has 0 aromatic heterocycles. The number of ether oxygens (including phenoxy) is 3. The number of amides is 2. The predicted octanol–water partition coefficient (Wildman–Crippen LogP) is 4.70. The number of morpholine rings is 1. The topological polar surface area (TPSA) is 80.3 Å². The second-order valence-corrected chi connectivity index (χ2v) is 11.4. The summed E-state index contributed by atoms with van der Waals surface area (Å²) in [4.78, 5) is 30.7. The van der Waals surface area contributed by atoms with E-state index in [9.17, 15) is 14.0 Å². The van der Waals surface area contributed by atoms with Gasteiger partial charge in [0, 0.05) is 31.9 Å². The number of alkyl carbamates (subject to hydrolysis) is 1. The summed E-state index contributed by atoms with van der Waals surface area (Å²) in [5.41, 5.74) is 2.96. The van der Waals surface area contributed by atoms with Crippen LogP contribution in [-0.4, -0.2) is 75.0 Å². The molecule has 1 unspecified atom stereocenters. The van der Waals surface area contributed by atoms with E-state index >= 15 is 0 Å². The standard InChI is InChI=1S/C32H42FN3O5/c33-27-11-12-29-26(20-27)13-14-36(29)21-28(23-40-22-25-9-5-2-6-10-25)34-32(38)41-30(19-24-7-3-1-4-8-24)31(37)35-15-17-39-18-16-35/h2,5-6,9-12,20,24,28,30H,1,3-4,7-8,13-19,21-23H2,(H,34,38)/t28-,30?/m1/s1. The molecular weight excluding hydrogens is 525 g/mol. The Morgan fingerprint density at radius 2 is 1.80 bits per heavy atom. The Bertz CT molecular complexity index is 1140. The fourth-order valence-corrected chi connectivity index (χ4v) is 6.17. The highest BCUT2D eigenvalue weighted by Crippen LogP contribution is 2.30. The lowest BCUT2D eigenvalue weighted by Gasteiger charge is -2.33. The van der Waals surface area contributed by atoms with E-state index < -0.39 is 18.2 Å². The predicted molar refractivity (Wildman–Crippen MR) is 154 cm³/mol. The molecule has 1 saturated heterocycles. The number of hydrogen-bond donors (Lipinski definition) is 1. The Balaban J connectivity index is 1.25. The fourth-order valence-electron chi connectivity index (χ4n) is 6.17. The molecule has 2 aromatic carbocycles. The zero-order valence-corrected chi connectivity index (χ0v) is 23.8. The molecule has 0 spiro atoms. The quantitative estimate of drug-likeness (QED) is 0.424. The van der Waals surface area contributed by atoms with E-state index in [-0.39, 0.29) is 18.3 Å². The van der Waals surface area contributed by atoms with Gasteiger partial charge >= 0.3 is 6.09 Å². The molecule has 2 aromatic rings. The average molecular weight is 568 g/mol. The Labute approximate surface area is 242 Å². The zero-order chi connectivity index (χ0) is 28.4.